The molecule has 0 atom stereocenters. The highest BCUT2D eigenvalue weighted by Gasteiger charge is 2.21. The third kappa shape index (κ3) is 2.93. The summed E-state index contributed by atoms with van der Waals surface area (Å²) < 4.78 is 50.1. The second kappa shape index (κ2) is 5.17. The van der Waals surface area contributed by atoms with Crippen molar-refractivity contribution in [3.63, 3.8) is 0 Å². The molecule has 0 aliphatic heterocycles. The molecule has 0 bridgehead atoms. The number of hydrogen-bond acceptors (Lipinski definition) is 5. The fourth-order valence-corrected chi connectivity index (χ4v) is 3.40. The van der Waals surface area contributed by atoms with Crippen molar-refractivity contribution in [2.24, 2.45) is 0 Å². The van der Waals surface area contributed by atoms with Crippen LogP contribution >= 0.6 is 11.3 Å². The van der Waals surface area contributed by atoms with E-state index in [0.29, 0.717) is 11.3 Å². The molecule has 0 amide bonds. The lowest BCUT2D eigenvalue weighted by molar-refractivity contribution is 0.0697. The van der Waals surface area contributed by atoms with E-state index in [1.54, 1.807) is 0 Å². The molecular formula is C9H7F2N3O4S2. The van der Waals surface area contributed by atoms with Crippen LogP contribution in [0.5, 0.6) is 0 Å². The van der Waals surface area contributed by atoms with Crippen molar-refractivity contribution in [2.45, 2.75) is 10.6 Å². The Kier molecular flexibility index (Phi) is 3.72. The zero-order valence-corrected chi connectivity index (χ0v) is 11.1. The summed E-state index contributed by atoms with van der Waals surface area (Å²) in [6, 6.07) is 1.82. The Morgan fingerprint density at radius 2 is 2.15 bits per heavy atom. The van der Waals surface area contributed by atoms with Crippen LogP contribution in [0.25, 0.3) is 0 Å². The van der Waals surface area contributed by atoms with Crippen LogP contribution in [0, 0.1) is 0 Å². The summed E-state index contributed by atoms with van der Waals surface area (Å²) in [5, 5.41) is 15.2. The molecule has 3 N–H and O–H groups in total. The molecule has 0 fully saturated rings. The van der Waals surface area contributed by atoms with E-state index in [4.69, 9.17) is 5.11 Å². The zero-order valence-electron chi connectivity index (χ0n) is 9.50. The summed E-state index contributed by atoms with van der Waals surface area (Å²) in [5.74, 6) is -1.56. The molecular weight excluding hydrogens is 316 g/mol. The van der Waals surface area contributed by atoms with Gasteiger partial charge in [0.15, 0.2) is 5.82 Å². The van der Waals surface area contributed by atoms with Crippen LogP contribution in [0.2, 0.25) is 0 Å². The first kappa shape index (κ1) is 14.4. The van der Waals surface area contributed by atoms with Gasteiger partial charge in [0, 0.05) is 11.4 Å². The molecule has 0 saturated carbocycles. The summed E-state index contributed by atoms with van der Waals surface area (Å²) >= 11 is 0.700. The number of sulfonamides is 1. The smallest absolute Gasteiger partial charge is 0.336 e. The van der Waals surface area contributed by atoms with Gasteiger partial charge in [-0.2, -0.15) is 5.10 Å². The van der Waals surface area contributed by atoms with Crippen LogP contribution in [-0.2, 0) is 10.0 Å². The van der Waals surface area contributed by atoms with Crippen LogP contribution in [0.15, 0.2) is 21.7 Å². The second-order valence-corrected chi connectivity index (χ2v) is 6.39. The molecule has 2 rings (SSSR count). The Hall–Kier alpha value is -2.01. The van der Waals surface area contributed by atoms with Gasteiger partial charge >= 0.3 is 5.97 Å². The molecule has 0 saturated heterocycles. The van der Waals surface area contributed by atoms with Crippen molar-refractivity contribution >= 4 is 33.1 Å². The molecule has 2 aromatic heterocycles. The SMILES string of the molecule is O=C(O)c1csc(S(=O)(=O)Nc2cc(C(F)F)[nH]n2)c1. The maximum absolute atomic E-state index is 12.3. The van der Waals surface area contributed by atoms with Crippen LogP contribution in [0.4, 0.5) is 14.6 Å². The monoisotopic (exact) mass is 323 g/mol. The number of halogens is 2. The Bertz CT molecular complexity index is 738. The number of alkyl halides is 2. The van der Waals surface area contributed by atoms with Gasteiger partial charge in [0.1, 0.15) is 9.90 Å². The lowest BCUT2D eigenvalue weighted by Gasteiger charge is -2.01. The molecule has 0 radical (unpaired) electrons. The van der Waals surface area contributed by atoms with Gasteiger partial charge < -0.3 is 5.11 Å². The second-order valence-electron chi connectivity index (χ2n) is 3.57. The molecule has 11 heteroatoms. The number of aromatic nitrogens is 2. The minimum Gasteiger partial charge on any atom is -0.478 e. The molecule has 0 spiro atoms. The van der Waals surface area contributed by atoms with Gasteiger partial charge in [-0.15, -0.1) is 11.3 Å². The third-order valence-electron chi connectivity index (χ3n) is 2.16. The number of carboxylic acid groups (broad SMARTS) is 1. The van der Waals surface area contributed by atoms with E-state index in [0.717, 1.165) is 17.5 Å². The number of nitrogens with one attached hydrogen (secondary N) is 2. The van der Waals surface area contributed by atoms with Gasteiger partial charge in [0.05, 0.1) is 5.56 Å². The maximum Gasteiger partial charge on any atom is 0.336 e. The Morgan fingerprint density at radius 3 is 2.65 bits per heavy atom. The molecule has 0 unspecified atom stereocenters. The zero-order chi connectivity index (χ0) is 14.9. The van der Waals surface area contributed by atoms with Crippen LogP contribution in [0.1, 0.15) is 22.5 Å². The van der Waals surface area contributed by atoms with Gasteiger partial charge in [-0.05, 0) is 6.07 Å². The predicted octanol–water partition coefficient (Wildman–Crippen LogP) is 1.91. The van der Waals surface area contributed by atoms with Gasteiger partial charge in [-0.3, -0.25) is 9.82 Å². The molecule has 108 valence electrons. The predicted molar refractivity (Wildman–Crippen MR) is 65.6 cm³/mol. The first-order valence-corrected chi connectivity index (χ1v) is 7.34. The minimum atomic E-state index is -4.06. The first-order valence-electron chi connectivity index (χ1n) is 4.97. The maximum atomic E-state index is 12.3. The van der Waals surface area contributed by atoms with Crippen molar-refractivity contribution in [1.82, 2.24) is 10.2 Å². The summed E-state index contributed by atoms with van der Waals surface area (Å²) in [7, 11) is -4.06. The van der Waals surface area contributed by atoms with Crippen molar-refractivity contribution in [3.05, 3.63) is 28.8 Å². The number of rotatable bonds is 5. The quantitative estimate of drug-likeness (QED) is 0.778. The van der Waals surface area contributed by atoms with Gasteiger partial charge in [-0.1, -0.05) is 0 Å². The number of carboxylic acids is 1. The fraction of sp³-hybridized carbons (Fsp3) is 0.111. The molecule has 2 aromatic rings. The lowest BCUT2D eigenvalue weighted by atomic mass is 10.4. The number of hydrogen-bond donors (Lipinski definition) is 3. The standard InChI is InChI=1S/C9H7F2N3O4S2/c10-8(11)5-2-6(13-12-5)14-20(17,18)7-1-4(3-19-7)9(15)16/h1-3,8H,(H,15,16)(H2,12,13,14). The number of nitrogens with zero attached hydrogens (tertiary/aromatic N) is 1. The van der Waals surface area contributed by atoms with E-state index in [2.05, 4.69) is 5.10 Å². The molecule has 0 aliphatic carbocycles. The van der Waals surface area contributed by atoms with Crippen molar-refractivity contribution in [2.75, 3.05) is 4.72 Å². The Labute approximate surface area is 115 Å². The van der Waals surface area contributed by atoms with E-state index in [-0.39, 0.29) is 15.6 Å². The number of aromatic carboxylic acids is 1. The van der Waals surface area contributed by atoms with Crippen LogP contribution in [-0.4, -0.2) is 29.7 Å². The summed E-state index contributed by atoms with van der Waals surface area (Å²) in [5.41, 5.74) is -0.703. The summed E-state index contributed by atoms with van der Waals surface area (Å²) in [4.78, 5) is 10.7. The van der Waals surface area contributed by atoms with Gasteiger partial charge in [0.25, 0.3) is 16.4 Å². The highest BCUT2D eigenvalue weighted by molar-refractivity contribution is 7.94. The fourth-order valence-electron chi connectivity index (χ4n) is 1.26. The average Bonchev–Trinajstić information content (AvgIpc) is 2.95. The minimum absolute atomic E-state index is 0.175. The van der Waals surface area contributed by atoms with Crippen molar-refractivity contribution < 1.29 is 27.1 Å². The number of thiophene rings is 1. The van der Waals surface area contributed by atoms with Crippen molar-refractivity contribution in [3.8, 4) is 0 Å². The van der Waals surface area contributed by atoms with Crippen LogP contribution in [0.3, 0.4) is 0 Å². The molecule has 20 heavy (non-hydrogen) atoms. The third-order valence-corrected chi connectivity index (χ3v) is 4.95. The van der Waals surface area contributed by atoms with E-state index < -0.39 is 28.1 Å². The van der Waals surface area contributed by atoms with Gasteiger partial charge in [-0.25, -0.2) is 22.0 Å². The highest BCUT2D eigenvalue weighted by Crippen LogP contribution is 2.24. The first-order chi connectivity index (χ1) is 9.29. The molecule has 7 nitrogen and oxygen atoms in total. The van der Waals surface area contributed by atoms with E-state index in [9.17, 15) is 22.0 Å². The number of carbonyl (C=O) groups is 1. The topological polar surface area (TPSA) is 112 Å². The lowest BCUT2D eigenvalue weighted by Crippen LogP contribution is -2.11. The largest absolute Gasteiger partial charge is 0.478 e. The van der Waals surface area contributed by atoms with Crippen molar-refractivity contribution in [1.29, 1.82) is 0 Å². The van der Waals surface area contributed by atoms with E-state index in [1.807, 2.05) is 9.82 Å². The number of anilines is 1. The van der Waals surface area contributed by atoms with E-state index in [1.165, 1.54) is 0 Å². The molecule has 2 heterocycles. The Balaban J connectivity index is 2.23. The summed E-state index contributed by atoms with van der Waals surface area (Å²) in [6.07, 6.45) is -2.80. The molecule has 0 aliphatic rings. The van der Waals surface area contributed by atoms with E-state index >= 15 is 0 Å². The van der Waals surface area contributed by atoms with Gasteiger partial charge in [0.2, 0.25) is 0 Å². The average molecular weight is 323 g/mol. The number of H-pyrrole nitrogens is 1. The summed E-state index contributed by atoms with van der Waals surface area (Å²) in [6.45, 7) is 0. The molecule has 0 aromatic carbocycles. The number of aromatic amines is 1. The highest BCUT2D eigenvalue weighted by atomic mass is 32.2. The van der Waals surface area contributed by atoms with Crippen LogP contribution < -0.4 is 4.72 Å². The Morgan fingerprint density at radius 1 is 1.45 bits per heavy atom. The normalized spacial score (nSPS) is 11.8.